The Balaban J connectivity index is 1.55. The van der Waals surface area contributed by atoms with Crippen molar-refractivity contribution < 1.29 is 9.59 Å². The topological polar surface area (TPSA) is 78.7 Å². The van der Waals surface area contributed by atoms with E-state index in [4.69, 9.17) is 5.73 Å². The molecule has 4 atom stereocenters. The molecule has 6 heteroatoms. The fraction of sp³-hybridized carbons (Fsp3) is 0.867. The largest absolute Gasteiger partial charge is 0.369 e. The van der Waals surface area contributed by atoms with E-state index in [9.17, 15) is 9.59 Å². The lowest BCUT2D eigenvalue weighted by atomic mass is 9.95. The summed E-state index contributed by atoms with van der Waals surface area (Å²) in [5, 5.41) is 3.44. The second-order valence-corrected chi connectivity index (χ2v) is 6.83. The lowest BCUT2D eigenvalue weighted by Crippen LogP contribution is -2.48. The number of likely N-dealkylation sites (tertiary alicyclic amines) is 2. The Morgan fingerprint density at radius 3 is 2.81 bits per heavy atom. The number of carbonyl (C=O) groups is 2. The molecule has 6 nitrogen and oxygen atoms in total. The number of nitrogens with one attached hydrogen (secondary N) is 1. The van der Waals surface area contributed by atoms with Gasteiger partial charge >= 0.3 is 0 Å². The molecule has 3 saturated heterocycles. The van der Waals surface area contributed by atoms with E-state index in [-0.39, 0.29) is 17.7 Å². The number of amides is 2. The molecule has 0 aromatic rings. The van der Waals surface area contributed by atoms with Gasteiger partial charge in [-0.1, -0.05) is 0 Å². The van der Waals surface area contributed by atoms with Crippen molar-refractivity contribution >= 4 is 11.8 Å². The number of hydrogen-bond donors (Lipinski definition) is 2. The molecule has 0 radical (unpaired) electrons. The summed E-state index contributed by atoms with van der Waals surface area (Å²) in [6.45, 7) is 7.14. The molecule has 3 aliphatic rings. The van der Waals surface area contributed by atoms with E-state index in [1.165, 1.54) is 0 Å². The first-order chi connectivity index (χ1) is 10.1. The molecule has 3 N–H and O–H groups in total. The monoisotopic (exact) mass is 294 g/mol. The Morgan fingerprint density at radius 1 is 1.29 bits per heavy atom. The first-order valence-electron chi connectivity index (χ1n) is 8.08. The molecule has 0 aliphatic carbocycles. The Hall–Kier alpha value is -1.14. The molecule has 3 fully saturated rings. The summed E-state index contributed by atoms with van der Waals surface area (Å²) in [6.07, 6.45) is 1.69. The lowest BCUT2D eigenvalue weighted by Gasteiger charge is -2.33. The number of nitrogens with zero attached hydrogens (tertiary/aromatic N) is 2. The number of nitrogens with two attached hydrogens (primary N) is 1. The summed E-state index contributed by atoms with van der Waals surface area (Å²) < 4.78 is 0. The number of fused-ring (bicyclic) bond motifs is 1. The summed E-state index contributed by atoms with van der Waals surface area (Å²) in [7, 11) is 0. The minimum Gasteiger partial charge on any atom is -0.369 e. The zero-order chi connectivity index (χ0) is 15.0. The second-order valence-electron chi connectivity index (χ2n) is 6.83. The van der Waals surface area contributed by atoms with Gasteiger partial charge in [-0.15, -0.1) is 0 Å². The van der Waals surface area contributed by atoms with Gasteiger partial charge in [-0.25, -0.2) is 0 Å². The van der Waals surface area contributed by atoms with E-state index in [2.05, 4.69) is 17.1 Å². The normalized spacial score (nSPS) is 36.7. The summed E-state index contributed by atoms with van der Waals surface area (Å²) in [5.41, 5.74) is 5.38. The van der Waals surface area contributed by atoms with Gasteiger partial charge in [0.2, 0.25) is 11.8 Å². The molecule has 0 saturated carbocycles. The average Bonchev–Trinajstić information content (AvgIpc) is 3.03. The van der Waals surface area contributed by atoms with E-state index in [0.29, 0.717) is 31.0 Å². The third kappa shape index (κ3) is 2.92. The van der Waals surface area contributed by atoms with Crippen molar-refractivity contribution in [2.24, 2.45) is 23.5 Å². The number of rotatable bonds is 3. The summed E-state index contributed by atoms with van der Waals surface area (Å²) in [5.74, 6) is 1.08. The molecule has 2 amide bonds. The van der Waals surface area contributed by atoms with Crippen LogP contribution in [0.15, 0.2) is 0 Å². The molecular weight excluding hydrogens is 268 g/mol. The number of hydrogen-bond acceptors (Lipinski definition) is 4. The fourth-order valence-corrected chi connectivity index (χ4v) is 4.17. The maximum atomic E-state index is 12.5. The highest BCUT2D eigenvalue weighted by Gasteiger charge is 2.42. The van der Waals surface area contributed by atoms with Gasteiger partial charge in [-0.3, -0.25) is 14.5 Å². The average molecular weight is 294 g/mol. The minimum absolute atomic E-state index is 0.153. The summed E-state index contributed by atoms with van der Waals surface area (Å²) in [4.78, 5) is 28.0. The van der Waals surface area contributed by atoms with Crippen molar-refractivity contribution in [3.05, 3.63) is 0 Å². The van der Waals surface area contributed by atoms with Crippen LogP contribution < -0.4 is 11.1 Å². The molecule has 0 bridgehead atoms. The number of primary amides is 1. The SMILES string of the molecule is CC1C2CNCC2CN1CC(=O)N1CCCC(C(N)=O)C1. The first kappa shape index (κ1) is 14.8. The van der Waals surface area contributed by atoms with Crippen LogP contribution in [-0.2, 0) is 9.59 Å². The Kier molecular flexibility index (Phi) is 4.17. The smallest absolute Gasteiger partial charge is 0.236 e. The zero-order valence-corrected chi connectivity index (χ0v) is 12.8. The molecule has 0 aromatic heterocycles. The molecule has 4 unspecified atom stereocenters. The van der Waals surface area contributed by atoms with Gasteiger partial charge in [0.25, 0.3) is 0 Å². The third-order valence-electron chi connectivity index (χ3n) is 5.57. The molecule has 0 spiro atoms. The van der Waals surface area contributed by atoms with Crippen molar-refractivity contribution in [3.8, 4) is 0 Å². The van der Waals surface area contributed by atoms with Gasteiger partial charge in [0, 0.05) is 25.7 Å². The Bertz CT molecular complexity index is 428. The van der Waals surface area contributed by atoms with Crippen LogP contribution in [0.2, 0.25) is 0 Å². The fourth-order valence-electron chi connectivity index (χ4n) is 4.17. The maximum Gasteiger partial charge on any atom is 0.236 e. The molecule has 3 aliphatic heterocycles. The Morgan fingerprint density at radius 2 is 2.10 bits per heavy atom. The van der Waals surface area contributed by atoms with Crippen LogP contribution in [0.25, 0.3) is 0 Å². The molecule has 21 heavy (non-hydrogen) atoms. The van der Waals surface area contributed by atoms with Gasteiger partial charge in [0.15, 0.2) is 0 Å². The quantitative estimate of drug-likeness (QED) is 0.718. The van der Waals surface area contributed by atoms with Gasteiger partial charge in [0.1, 0.15) is 0 Å². The third-order valence-corrected chi connectivity index (χ3v) is 5.57. The van der Waals surface area contributed by atoms with Gasteiger partial charge in [-0.05, 0) is 44.7 Å². The van der Waals surface area contributed by atoms with E-state index in [1.807, 2.05) is 4.90 Å². The van der Waals surface area contributed by atoms with Crippen LogP contribution >= 0.6 is 0 Å². The van der Waals surface area contributed by atoms with Crippen molar-refractivity contribution in [2.75, 3.05) is 39.3 Å². The first-order valence-corrected chi connectivity index (χ1v) is 8.08. The van der Waals surface area contributed by atoms with Crippen LogP contribution in [0.1, 0.15) is 19.8 Å². The highest BCUT2D eigenvalue weighted by molar-refractivity contribution is 5.81. The van der Waals surface area contributed by atoms with Crippen molar-refractivity contribution in [1.29, 1.82) is 0 Å². The van der Waals surface area contributed by atoms with Crippen molar-refractivity contribution in [2.45, 2.75) is 25.8 Å². The standard InChI is InChI=1S/C15H26N4O2/c1-10-13-6-17-5-12(13)8-19(10)9-14(20)18-4-2-3-11(7-18)15(16)21/h10-13,17H,2-9H2,1H3,(H2,16,21). The van der Waals surface area contributed by atoms with E-state index in [0.717, 1.165) is 39.0 Å². The summed E-state index contributed by atoms with van der Waals surface area (Å²) in [6, 6.07) is 0.464. The minimum atomic E-state index is -0.275. The Labute approximate surface area is 126 Å². The van der Waals surface area contributed by atoms with Crippen LogP contribution in [0.3, 0.4) is 0 Å². The number of carbonyl (C=O) groups excluding carboxylic acids is 2. The summed E-state index contributed by atoms with van der Waals surface area (Å²) >= 11 is 0. The van der Waals surface area contributed by atoms with Crippen LogP contribution in [0.5, 0.6) is 0 Å². The van der Waals surface area contributed by atoms with Crippen LogP contribution in [0, 0.1) is 17.8 Å². The predicted octanol–water partition coefficient (Wildman–Crippen LogP) is -0.750. The zero-order valence-electron chi connectivity index (χ0n) is 12.8. The predicted molar refractivity (Wildman–Crippen MR) is 79.4 cm³/mol. The molecule has 3 rings (SSSR count). The van der Waals surface area contributed by atoms with Crippen LogP contribution in [-0.4, -0.2) is 66.9 Å². The lowest BCUT2D eigenvalue weighted by molar-refractivity contribution is -0.136. The van der Waals surface area contributed by atoms with Gasteiger partial charge in [-0.2, -0.15) is 0 Å². The maximum absolute atomic E-state index is 12.5. The van der Waals surface area contributed by atoms with E-state index < -0.39 is 0 Å². The molecule has 3 heterocycles. The molecular formula is C15H26N4O2. The molecule has 118 valence electrons. The highest BCUT2D eigenvalue weighted by atomic mass is 16.2. The highest BCUT2D eigenvalue weighted by Crippen LogP contribution is 2.32. The van der Waals surface area contributed by atoms with Gasteiger partial charge in [0.05, 0.1) is 12.5 Å². The van der Waals surface area contributed by atoms with E-state index in [1.54, 1.807) is 0 Å². The van der Waals surface area contributed by atoms with Gasteiger partial charge < -0.3 is 16.0 Å². The second kappa shape index (κ2) is 5.93. The van der Waals surface area contributed by atoms with Crippen molar-refractivity contribution in [3.63, 3.8) is 0 Å². The van der Waals surface area contributed by atoms with E-state index >= 15 is 0 Å². The number of piperidine rings is 1. The van der Waals surface area contributed by atoms with Crippen molar-refractivity contribution in [1.82, 2.24) is 15.1 Å². The molecule has 0 aromatic carbocycles. The van der Waals surface area contributed by atoms with Crippen LogP contribution in [0.4, 0.5) is 0 Å².